The number of hydrogen-bond acceptors (Lipinski definition) is 2. The van der Waals surface area contributed by atoms with Crippen molar-refractivity contribution in [1.82, 2.24) is 10.2 Å². The summed E-state index contributed by atoms with van der Waals surface area (Å²) in [6.45, 7) is 1.64. The Kier molecular flexibility index (Phi) is 3.02. The highest BCUT2D eigenvalue weighted by molar-refractivity contribution is 5.83. The van der Waals surface area contributed by atoms with Crippen molar-refractivity contribution in [2.75, 3.05) is 13.6 Å². The van der Waals surface area contributed by atoms with Gasteiger partial charge >= 0.3 is 0 Å². The molecule has 1 aliphatic heterocycles. The average Bonchev–Trinajstić information content (AvgIpc) is 2.59. The Balaban J connectivity index is 1.87. The van der Waals surface area contributed by atoms with E-state index in [9.17, 15) is 4.79 Å². The first-order valence-corrected chi connectivity index (χ1v) is 5.29. The van der Waals surface area contributed by atoms with Gasteiger partial charge in [-0.05, 0) is 12.0 Å². The summed E-state index contributed by atoms with van der Waals surface area (Å²) in [7, 11) is 1.85. The molecule has 1 aromatic carbocycles. The molecule has 0 radical (unpaired) electrons. The van der Waals surface area contributed by atoms with Crippen molar-refractivity contribution >= 4 is 5.91 Å². The molecule has 1 heterocycles. The monoisotopic (exact) mass is 204 g/mol. The minimum absolute atomic E-state index is 0.00945. The van der Waals surface area contributed by atoms with E-state index in [1.165, 1.54) is 5.56 Å². The number of benzene rings is 1. The molecule has 1 N–H and O–H groups in total. The first kappa shape index (κ1) is 10.2. The molecule has 2 rings (SSSR count). The summed E-state index contributed by atoms with van der Waals surface area (Å²) in [4.78, 5) is 13.4. The smallest absolute Gasteiger partial charge is 0.239 e. The molecule has 1 saturated heterocycles. The first-order chi connectivity index (χ1) is 7.27. The third kappa shape index (κ3) is 2.36. The molecule has 0 aliphatic carbocycles. The zero-order valence-corrected chi connectivity index (χ0v) is 8.94. The minimum atomic E-state index is 0.00945. The lowest BCUT2D eigenvalue weighted by atomic mass is 10.2. The summed E-state index contributed by atoms with van der Waals surface area (Å²) >= 11 is 0. The van der Waals surface area contributed by atoms with E-state index in [1.54, 1.807) is 4.90 Å². The number of rotatable bonds is 3. The van der Waals surface area contributed by atoms with Crippen molar-refractivity contribution in [3.8, 4) is 0 Å². The van der Waals surface area contributed by atoms with E-state index < -0.39 is 0 Å². The molecule has 80 valence electrons. The number of likely N-dealkylation sites (N-methyl/N-ethyl adjacent to an activating group) is 1. The second-order valence-corrected chi connectivity index (χ2v) is 3.97. The molecule has 1 aromatic rings. The number of hydrogen-bond donors (Lipinski definition) is 1. The van der Waals surface area contributed by atoms with Crippen LogP contribution in [0.3, 0.4) is 0 Å². The molecule has 0 saturated carbocycles. The molecular formula is C12H16N2O. The highest BCUT2D eigenvalue weighted by Gasteiger charge is 2.27. The summed E-state index contributed by atoms with van der Waals surface area (Å²) in [5.74, 6) is 0.214. The van der Waals surface area contributed by atoms with E-state index in [0.29, 0.717) is 0 Å². The Hall–Kier alpha value is -1.35. The Morgan fingerprint density at radius 1 is 1.40 bits per heavy atom. The standard InChI is InChI=1S/C12H16N2O/c1-14-8-7-11(12(14)15)13-9-10-5-3-2-4-6-10/h2-6,11,13H,7-9H2,1H3. The maximum absolute atomic E-state index is 11.6. The van der Waals surface area contributed by atoms with Crippen LogP contribution in [0.2, 0.25) is 0 Å². The second kappa shape index (κ2) is 4.45. The van der Waals surface area contributed by atoms with Gasteiger partial charge in [-0.2, -0.15) is 0 Å². The predicted molar refractivity (Wildman–Crippen MR) is 59.3 cm³/mol. The molecule has 0 aromatic heterocycles. The van der Waals surface area contributed by atoms with Crippen molar-refractivity contribution in [2.45, 2.75) is 19.0 Å². The van der Waals surface area contributed by atoms with Crippen molar-refractivity contribution in [1.29, 1.82) is 0 Å². The van der Waals surface area contributed by atoms with Gasteiger partial charge in [-0.1, -0.05) is 30.3 Å². The molecule has 3 heteroatoms. The highest BCUT2D eigenvalue weighted by Crippen LogP contribution is 2.09. The fraction of sp³-hybridized carbons (Fsp3) is 0.417. The normalized spacial score (nSPS) is 21.0. The van der Waals surface area contributed by atoms with Crippen LogP contribution in [0.1, 0.15) is 12.0 Å². The SMILES string of the molecule is CN1CCC(NCc2ccccc2)C1=O. The maximum Gasteiger partial charge on any atom is 0.239 e. The first-order valence-electron chi connectivity index (χ1n) is 5.29. The molecule has 0 bridgehead atoms. The fourth-order valence-electron chi connectivity index (χ4n) is 1.85. The lowest BCUT2D eigenvalue weighted by Gasteiger charge is -2.11. The van der Waals surface area contributed by atoms with Crippen molar-refractivity contribution < 1.29 is 4.79 Å². The highest BCUT2D eigenvalue weighted by atomic mass is 16.2. The van der Waals surface area contributed by atoms with Crippen LogP contribution in [0.25, 0.3) is 0 Å². The number of nitrogens with one attached hydrogen (secondary N) is 1. The van der Waals surface area contributed by atoms with Crippen LogP contribution in [-0.4, -0.2) is 30.4 Å². The molecule has 0 spiro atoms. The fourth-order valence-corrected chi connectivity index (χ4v) is 1.85. The predicted octanol–water partition coefficient (Wildman–Crippen LogP) is 1.01. The number of carbonyl (C=O) groups is 1. The largest absolute Gasteiger partial charge is 0.344 e. The van der Waals surface area contributed by atoms with Gasteiger partial charge in [0.25, 0.3) is 0 Å². The van der Waals surface area contributed by atoms with Gasteiger partial charge in [0.05, 0.1) is 6.04 Å². The molecule has 1 fully saturated rings. The van der Waals surface area contributed by atoms with Gasteiger partial charge in [-0.15, -0.1) is 0 Å². The second-order valence-electron chi connectivity index (χ2n) is 3.97. The van der Waals surface area contributed by atoms with Crippen LogP contribution in [0.4, 0.5) is 0 Å². The molecular weight excluding hydrogens is 188 g/mol. The molecule has 3 nitrogen and oxygen atoms in total. The number of carbonyl (C=O) groups excluding carboxylic acids is 1. The third-order valence-corrected chi connectivity index (χ3v) is 2.82. The Bertz CT molecular complexity index is 337. The molecule has 1 unspecified atom stereocenters. The number of likely N-dealkylation sites (tertiary alicyclic amines) is 1. The van der Waals surface area contributed by atoms with E-state index in [-0.39, 0.29) is 11.9 Å². The van der Waals surface area contributed by atoms with Crippen LogP contribution < -0.4 is 5.32 Å². The summed E-state index contributed by atoms with van der Waals surface area (Å²) < 4.78 is 0. The Labute approximate surface area is 90.1 Å². The lowest BCUT2D eigenvalue weighted by molar-refractivity contribution is -0.128. The van der Waals surface area contributed by atoms with Gasteiger partial charge in [-0.3, -0.25) is 4.79 Å². The topological polar surface area (TPSA) is 32.3 Å². The van der Waals surface area contributed by atoms with E-state index >= 15 is 0 Å². The summed E-state index contributed by atoms with van der Waals surface area (Å²) in [5.41, 5.74) is 1.22. The van der Waals surface area contributed by atoms with E-state index in [1.807, 2.05) is 25.2 Å². The Morgan fingerprint density at radius 2 is 2.13 bits per heavy atom. The van der Waals surface area contributed by atoms with E-state index in [2.05, 4.69) is 17.4 Å². The molecule has 1 aliphatic rings. The third-order valence-electron chi connectivity index (χ3n) is 2.82. The lowest BCUT2D eigenvalue weighted by Crippen LogP contribution is -2.36. The average molecular weight is 204 g/mol. The molecule has 1 amide bonds. The zero-order valence-electron chi connectivity index (χ0n) is 8.94. The van der Waals surface area contributed by atoms with Crippen molar-refractivity contribution in [3.05, 3.63) is 35.9 Å². The zero-order chi connectivity index (χ0) is 10.7. The van der Waals surface area contributed by atoms with Gasteiger partial charge in [0.2, 0.25) is 5.91 Å². The van der Waals surface area contributed by atoms with Gasteiger partial charge in [-0.25, -0.2) is 0 Å². The van der Waals surface area contributed by atoms with Crippen LogP contribution >= 0.6 is 0 Å². The van der Waals surface area contributed by atoms with Gasteiger partial charge < -0.3 is 10.2 Å². The van der Waals surface area contributed by atoms with Gasteiger partial charge in [0, 0.05) is 20.1 Å². The number of nitrogens with zero attached hydrogens (tertiary/aromatic N) is 1. The molecule has 15 heavy (non-hydrogen) atoms. The van der Waals surface area contributed by atoms with E-state index in [4.69, 9.17) is 0 Å². The molecule has 1 atom stereocenters. The summed E-state index contributed by atoms with van der Waals surface area (Å²) in [6, 6.07) is 10.2. The van der Waals surface area contributed by atoms with Crippen LogP contribution in [-0.2, 0) is 11.3 Å². The van der Waals surface area contributed by atoms with E-state index in [0.717, 1.165) is 19.5 Å². The Morgan fingerprint density at radius 3 is 2.73 bits per heavy atom. The van der Waals surface area contributed by atoms with Crippen LogP contribution in [0, 0.1) is 0 Å². The minimum Gasteiger partial charge on any atom is -0.344 e. The van der Waals surface area contributed by atoms with Crippen LogP contribution in [0.15, 0.2) is 30.3 Å². The van der Waals surface area contributed by atoms with Crippen molar-refractivity contribution in [3.63, 3.8) is 0 Å². The van der Waals surface area contributed by atoms with Gasteiger partial charge in [0.15, 0.2) is 0 Å². The van der Waals surface area contributed by atoms with Crippen LogP contribution in [0.5, 0.6) is 0 Å². The summed E-state index contributed by atoms with van der Waals surface area (Å²) in [6.07, 6.45) is 0.919. The summed E-state index contributed by atoms with van der Waals surface area (Å²) in [5, 5.41) is 3.29. The maximum atomic E-state index is 11.6. The van der Waals surface area contributed by atoms with Gasteiger partial charge in [0.1, 0.15) is 0 Å². The van der Waals surface area contributed by atoms with Crippen molar-refractivity contribution in [2.24, 2.45) is 0 Å². The number of amides is 1. The quantitative estimate of drug-likeness (QED) is 0.797.